The number of anilines is 1. The summed E-state index contributed by atoms with van der Waals surface area (Å²) in [5.41, 5.74) is 2.91. The lowest BCUT2D eigenvalue weighted by atomic mass is 10.1. The van der Waals surface area contributed by atoms with Gasteiger partial charge in [-0.1, -0.05) is 24.6 Å². The maximum atomic E-state index is 12.0. The number of amides is 1. The summed E-state index contributed by atoms with van der Waals surface area (Å²) in [5, 5.41) is 11.6. The van der Waals surface area contributed by atoms with E-state index in [1.54, 1.807) is 4.90 Å². The number of nitrogens with one attached hydrogen (secondary N) is 1. The number of nitrogens with zero attached hydrogens (tertiary/aromatic N) is 1. The van der Waals surface area contributed by atoms with Gasteiger partial charge in [0.05, 0.1) is 13.1 Å². The first-order chi connectivity index (χ1) is 9.42. The SMILES string of the molecule is CCCN(CC(=O)O)CC(=O)Nc1ccc(C)cc1C. The average molecular weight is 278 g/mol. The van der Waals surface area contributed by atoms with Crippen molar-refractivity contribution in [3.05, 3.63) is 29.3 Å². The predicted molar refractivity (Wildman–Crippen MR) is 78.9 cm³/mol. The van der Waals surface area contributed by atoms with E-state index in [1.165, 1.54) is 0 Å². The quantitative estimate of drug-likeness (QED) is 0.800. The Hall–Kier alpha value is -1.88. The summed E-state index contributed by atoms with van der Waals surface area (Å²) in [5.74, 6) is -1.11. The van der Waals surface area contributed by atoms with Crippen LogP contribution in [0.25, 0.3) is 0 Å². The Bertz CT molecular complexity index is 486. The van der Waals surface area contributed by atoms with E-state index in [0.717, 1.165) is 23.2 Å². The Balaban J connectivity index is 2.62. The molecular weight excluding hydrogens is 256 g/mol. The summed E-state index contributed by atoms with van der Waals surface area (Å²) >= 11 is 0. The topological polar surface area (TPSA) is 69.6 Å². The van der Waals surface area contributed by atoms with Gasteiger partial charge in [0.15, 0.2) is 0 Å². The first kappa shape index (κ1) is 16.2. The molecule has 0 aliphatic heterocycles. The fourth-order valence-corrected chi connectivity index (χ4v) is 2.07. The Morgan fingerprint density at radius 1 is 1.25 bits per heavy atom. The molecule has 110 valence electrons. The summed E-state index contributed by atoms with van der Waals surface area (Å²) < 4.78 is 0. The summed E-state index contributed by atoms with van der Waals surface area (Å²) in [6.45, 7) is 6.45. The first-order valence-corrected chi connectivity index (χ1v) is 6.73. The normalized spacial score (nSPS) is 10.6. The smallest absolute Gasteiger partial charge is 0.317 e. The third kappa shape index (κ3) is 5.40. The van der Waals surface area contributed by atoms with E-state index in [1.807, 2.05) is 39.0 Å². The molecule has 5 nitrogen and oxygen atoms in total. The fraction of sp³-hybridized carbons (Fsp3) is 0.467. The average Bonchev–Trinajstić information content (AvgIpc) is 2.32. The molecule has 0 aromatic heterocycles. The highest BCUT2D eigenvalue weighted by atomic mass is 16.4. The molecule has 0 bridgehead atoms. The van der Waals surface area contributed by atoms with Crippen molar-refractivity contribution in [2.24, 2.45) is 0 Å². The van der Waals surface area contributed by atoms with Gasteiger partial charge in [-0.25, -0.2) is 0 Å². The zero-order valence-electron chi connectivity index (χ0n) is 12.3. The van der Waals surface area contributed by atoms with Gasteiger partial charge in [0.25, 0.3) is 0 Å². The lowest BCUT2D eigenvalue weighted by Gasteiger charge is -2.19. The van der Waals surface area contributed by atoms with Crippen LogP contribution in [0.1, 0.15) is 24.5 Å². The monoisotopic (exact) mass is 278 g/mol. The number of carboxylic acid groups (broad SMARTS) is 1. The van der Waals surface area contributed by atoms with Crippen molar-refractivity contribution in [1.82, 2.24) is 4.90 Å². The molecule has 0 radical (unpaired) electrons. The summed E-state index contributed by atoms with van der Waals surface area (Å²) in [4.78, 5) is 24.3. The van der Waals surface area contributed by atoms with Crippen molar-refractivity contribution < 1.29 is 14.7 Å². The zero-order valence-corrected chi connectivity index (χ0v) is 12.3. The van der Waals surface area contributed by atoms with E-state index in [2.05, 4.69) is 5.32 Å². The molecule has 0 aliphatic carbocycles. The van der Waals surface area contributed by atoms with Gasteiger partial charge < -0.3 is 10.4 Å². The number of aliphatic carboxylic acids is 1. The van der Waals surface area contributed by atoms with Gasteiger partial charge in [0.1, 0.15) is 0 Å². The van der Waals surface area contributed by atoms with Gasteiger partial charge in [0, 0.05) is 5.69 Å². The molecule has 0 heterocycles. The van der Waals surface area contributed by atoms with Gasteiger partial charge in [-0.05, 0) is 38.4 Å². The molecule has 1 amide bonds. The summed E-state index contributed by atoms with van der Waals surface area (Å²) in [7, 11) is 0. The standard InChI is InChI=1S/C15H22N2O3/c1-4-7-17(10-15(19)20)9-14(18)16-13-6-5-11(2)8-12(13)3/h5-6,8H,4,7,9-10H2,1-3H3,(H,16,18)(H,19,20). The molecule has 5 heteroatoms. The van der Waals surface area contributed by atoms with Crippen molar-refractivity contribution in [3.8, 4) is 0 Å². The van der Waals surface area contributed by atoms with Crippen LogP contribution in [-0.4, -0.2) is 41.5 Å². The number of rotatable bonds is 7. The van der Waals surface area contributed by atoms with Gasteiger partial charge in [-0.2, -0.15) is 0 Å². The molecular formula is C15H22N2O3. The number of benzene rings is 1. The third-order valence-electron chi connectivity index (χ3n) is 2.92. The van der Waals surface area contributed by atoms with Crippen LogP contribution in [0.3, 0.4) is 0 Å². The lowest BCUT2D eigenvalue weighted by Crippen LogP contribution is -2.37. The highest BCUT2D eigenvalue weighted by Crippen LogP contribution is 2.15. The Morgan fingerprint density at radius 2 is 1.95 bits per heavy atom. The fourth-order valence-electron chi connectivity index (χ4n) is 2.07. The Labute approximate surface area is 119 Å². The third-order valence-corrected chi connectivity index (χ3v) is 2.92. The molecule has 1 aromatic carbocycles. The van der Waals surface area contributed by atoms with Gasteiger partial charge in [0.2, 0.25) is 5.91 Å². The van der Waals surface area contributed by atoms with Crippen molar-refractivity contribution >= 4 is 17.6 Å². The highest BCUT2D eigenvalue weighted by Gasteiger charge is 2.13. The van der Waals surface area contributed by atoms with Crippen LogP contribution in [0.2, 0.25) is 0 Å². The van der Waals surface area contributed by atoms with Gasteiger partial charge in [-0.15, -0.1) is 0 Å². The second kappa shape index (κ2) is 7.65. The van der Waals surface area contributed by atoms with E-state index < -0.39 is 5.97 Å². The van der Waals surface area contributed by atoms with E-state index in [4.69, 9.17) is 5.11 Å². The van der Waals surface area contributed by atoms with Crippen molar-refractivity contribution in [1.29, 1.82) is 0 Å². The van der Waals surface area contributed by atoms with Crippen LogP contribution in [0.15, 0.2) is 18.2 Å². The molecule has 0 aliphatic rings. The van der Waals surface area contributed by atoms with Crippen LogP contribution >= 0.6 is 0 Å². The van der Waals surface area contributed by atoms with Gasteiger partial charge >= 0.3 is 5.97 Å². The zero-order chi connectivity index (χ0) is 15.1. The van der Waals surface area contributed by atoms with Crippen LogP contribution < -0.4 is 5.32 Å². The minimum atomic E-state index is -0.919. The molecule has 1 aromatic rings. The molecule has 0 saturated heterocycles. The minimum absolute atomic E-state index is 0.0907. The molecule has 0 spiro atoms. The highest BCUT2D eigenvalue weighted by molar-refractivity contribution is 5.93. The second-order valence-corrected chi connectivity index (χ2v) is 4.97. The second-order valence-electron chi connectivity index (χ2n) is 4.97. The van der Waals surface area contributed by atoms with E-state index in [-0.39, 0.29) is 19.0 Å². The summed E-state index contributed by atoms with van der Waals surface area (Å²) in [6.07, 6.45) is 0.810. The van der Waals surface area contributed by atoms with E-state index in [9.17, 15) is 9.59 Å². The largest absolute Gasteiger partial charge is 0.480 e. The predicted octanol–water partition coefficient (Wildman–Crippen LogP) is 2.04. The molecule has 0 atom stereocenters. The summed E-state index contributed by atoms with van der Waals surface area (Å²) in [6, 6.07) is 5.80. The van der Waals surface area contributed by atoms with Crippen LogP contribution in [-0.2, 0) is 9.59 Å². The van der Waals surface area contributed by atoms with Crippen molar-refractivity contribution in [2.45, 2.75) is 27.2 Å². The maximum Gasteiger partial charge on any atom is 0.317 e. The first-order valence-electron chi connectivity index (χ1n) is 6.73. The number of hydrogen-bond donors (Lipinski definition) is 2. The van der Waals surface area contributed by atoms with E-state index >= 15 is 0 Å². The molecule has 20 heavy (non-hydrogen) atoms. The lowest BCUT2D eigenvalue weighted by molar-refractivity contribution is -0.138. The number of aryl methyl sites for hydroxylation is 2. The number of carbonyl (C=O) groups excluding carboxylic acids is 1. The molecule has 2 N–H and O–H groups in total. The molecule has 0 unspecified atom stereocenters. The number of carbonyl (C=O) groups is 2. The number of carboxylic acids is 1. The maximum absolute atomic E-state index is 12.0. The van der Waals surface area contributed by atoms with Gasteiger partial charge in [-0.3, -0.25) is 14.5 Å². The molecule has 0 fully saturated rings. The molecule has 1 rings (SSSR count). The Morgan fingerprint density at radius 3 is 2.50 bits per heavy atom. The van der Waals surface area contributed by atoms with Crippen LogP contribution in [0, 0.1) is 13.8 Å². The molecule has 0 saturated carbocycles. The van der Waals surface area contributed by atoms with E-state index in [0.29, 0.717) is 6.54 Å². The van der Waals surface area contributed by atoms with Crippen molar-refractivity contribution in [2.75, 3.05) is 25.0 Å². The number of hydrogen-bond acceptors (Lipinski definition) is 3. The minimum Gasteiger partial charge on any atom is -0.480 e. The Kier molecular flexibility index (Phi) is 6.18. The van der Waals surface area contributed by atoms with Crippen LogP contribution in [0.5, 0.6) is 0 Å². The van der Waals surface area contributed by atoms with Crippen LogP contribution in [0.4, 0.5) is 5.69 Å². The van der Waals surface area contributed by atoms with Crippen molar-refractivity contribution in [3.63, 3.8) is 0 Å².